The average molecular weight is 494 g/mol. The van der Waals surface area contributed by atoms with Crippen molar-refractivity contribution in [2.75, 3.05) is 0 Å². The van der Waals surface area contributed by atoms with Gasteiger partial charge in [0.25, 0.3) is 10.1 Å². The van der Waals surface area contributed by atoms with Crippen molar-refractivity contribution in [2.24, 2.45) is 0 Å². The summed E-state index contributed by atoms with van der Waals surface area (Å²) in [6.45, 7) is 0. The number of hydrogen-bond acceptors (Lipinski definition) is 4. The van der Waals surface area contributed by atoms with Crippen LogP contribution in [0.5, 0.6) is 11.5 Å². The predicted molar refractivity (Wildman–Crippen MR) is 114 cm³/mol. The molecule has 0 heterocycles. The maximum atomic E-state index is 13.0. The second-order valence-electron chi connectivity index (χ2n) is 6.06. The highest BCUT2D eigenvalue weighted by Crippen LogP contribution is 2.55. The van der Waals surface area contributed by atoms with Crippen molar-refractivity contribution < 1.29 is 23.2 Å². The molecule has 29 heavy (non-hydrogen) atoms. The van der Waals surface area contributed by atoms with Gasteiger partial charge in [-0.2, -0.15) is 8.42 Å². The zero-order valence-electron chi connectivity index (χ0n) is 14.3. The molecule has 0 bridgehead atoms. The first-order chi connectivity index (χ1) is 13.5. The van der Waals surface area contributed by atoms with Crippen molar-refractivity contribution in [3.8, 4) is 11.5 Å². The minimum absolute atomic E-state index is 0.0311. The molecule has 0 spiro atoms. The highest BCUT2D eigenvalue weighted by molar-refractivity contribution is 7.87. The van der Waals surface area contributed by atoms with Crippen LogP contribution in [0, 0.1) is 0 Å². The van der Waals surface area contributed by atoms with E-state index in [-0.39, 0.29) is 31.2 Å². The van der Waals surface area contributed by atoms with Crippen LogP contribution >= 0.6 is 46.4 Å². The van der Waals surface area contributed by atoms with Crippen LogP contribution in [0.2, 0.25) is 20.1 Å². The van der Waals surface area contributed by atoms with Gasteiger partial charge in [0.15, 0.2) is 16.2 Å². The van der Waals surface area contributed by atoms with Gasteiger partial charge in [0.05, 0.1) is 5.02 Å². The maximum Gasteiger partial charge on any atom is 0.283 e. The van der Waals surface area contributed by atoms with Gasteiger partial charge >= 0.3 is 0 Å². The standard InChI is InChI=1S/C19H12Cl4O5S/c20-11-8-13(22)16(14(23)9-11)19(29(26,27)28,10-4-2-1-3-5-10)17-12(21)6-7-15(24)18(17)25/h1-9,24-25H,(H,26,27,28). The van der Waals surface area contributed by atoms with E-state index in [2.05, 4.69) is 0 Å². The zero-order valence-corrected chi connectivity index (χ0v) is 18.1. The Morgan fingerprint density at radius 3 is 1.83 bits per heavy atom. The van der Waals surface area contributed by atoms with Gasteiger partial charge < -0.3 is 10.2 Å². The van der Waals surface area contributed by atoms with Gasteiger partial charge in [-0.05, 0) is 29.8 Å². The van der Waals surface area contributed by atoms with Gasteiger partial charge in [-0.15, -0.1) is 0 Å². The summed E-state index contributed by atoms with van der Waals surface area (Å²) in [6.07, 6.45) is 0. The van der Waals surface area contributed by atoms with E-state index in [1.807, 2.05) is 0 Å². The third kappa shape index (κ3) is 3.54. The summed E-state index contributed by atoms with van der Waals surface area (Å²) in [6, 6.07) is 12.1. The van der Waals surface area contributed by atoms with Crippen LogP contribution in [0.1, 0.15) is 16.7 Å². The zero-order chi connectivity index (χ0) is 21.6. The average Bonchev–Trinajstić information content (AvgIpc) is 2.62. The number of phenolic OH excluding ortho intramolecular Hbond substituents is 2. The molecular weight excluding hydrogens is 482 g/mol. The molecule has 10 heteroatoms. The van der Waals surface area contributed by atoms with Gasteiger partial charge in [0.2, 0.25) is 0 Å². The van der Waals surface area contributed by atoms with E-state index in [0.717, 1.165) is 6.07 Å². The third-order valence-corrected chi connectivity index (χ3v) is 6.93. The molecule has 5 nitrogen and oxygen atoms in total. The molecule has 0 aliphatic rings. The highest BCUT2D eigenvalue weighted by Gasteiger charge is 2.54. The fourth-order valence-corrected chi connectivity index (χ4v) is 6.20. The second kappa shape index (κ2) is 7.87. The van der Waals surface area contributed by atoms with E-state index in [4.69, 9.17) is 46.4 Å². The highest BCUT2D eigenvalue weighted by atomic mass is 35.5. The molecule has 3 aromatic carbocycles. The lowest BCUT2D eigenvalue weighted by Crippen LogP contribution is -2.39. The number of halogens is 4. The summed E-state index contributed by atoms with van der Waals surface area (Å²) in [7, 11) is -5.17. The topological polar surface area (TPSA) is 94.8 Å². The van der Waals surface area contributed by atoms with Crippen molar-refractivity contribution in [1.29, 1.82) is 0 Å². The summed E-state index contributed by atoms with van der Waals surface area (Å²) >= 11 is 24.9. The predicted octanol–water partition coefficient (Wildman–Crippen LogP) is 5.89. The smallest absolute Gasteiger partial charge is 0.283 e. The third-order valence-electron chi connectivity index (χ3n) is 4.38. The van der Waals surface area contributed by atoms with Crippen LogP contribution in [-0.4, -0.2) is 23.2 Å². The van der Waals surface area contributed by atoms with Gasteiger partial charge in [0.1, 0.15) is 0 Å². The Kier molecular flexibility index (Phi) is 5.98. The number of aromatic hydroxyl groups is 2. The van der Waals surface area contributed by atoms with Crippen LogP contribution < -0.4 is 0 Å². The monoisotopic (exact) mass is 492 g/mol. The van der Waals surface area contributed by atoms with Gasteiger partial charge in [-0.1, -0.05) is 76.7 Å². The van der Waals surface area contributed by atoms with Crippen LogP contribution in [0.3, 0.4) is 0 Å². The first-order valence-electron chi connectivity index (χ1n) is 7.90. The Morgan fingerprint density at radius 2 is 1.31 bits per heavy atom. The van der Waals surface area contributed by atoms with E-state index >= 15 is 0 Å². The molecule has 0 aliphatic carbocycles. The van der Waals surface area contributed by atoms with E-state index in [9.17, 15) is 23.2 Å². The summed E-state index contributed by atoms with van der Waals surface area (Å²) in [4.78, 5) is 0. The maximum absolute atomic E-state index is 13.0. The Bertz CT molecular complexity index is 1180. The minimum Gasteiger partial charge on any atom is -0.504 e. The Labute approximate surface area is 186 Å². The SMILES string of the molecule is O=S(=O)(O)C(c1ccccc1)(c1c(Cl)cc(Cl)cc1Cl)c1c(Cl)ccc(O)c1O. The molecule has 3 rings (SSSR count). The quantitative estimate of drug-likeness (QED) is 0.239. The number of hydrogen-bond donors (Lipinski definition) is 3. The van der Waals surface area contributed by atoms with Crippen LogP contribution in [-0.2, 0) is 14.9 Å². The van der Waals surface area contributed by atoms with Crippen molar-refractivity contribution in [3.63, 3.8) is 0 Å². The lowest BCUT2D eigenvalue weighted by atomic mass is 9.83. The lowest BCUT2D eigenvalue weighted by molar-refractivity contribution is 0.394. The van der Waals surface area contributed by atoms with E-state index < -0.39 is 31.9 Å². The van der Waals surface area contributed by atoms with E-state index in [1.54, 1.807) is 6.07 Å². The van der Waals surface area contributed by atoms with Gasteiger partial charge in [-0.3, -0.25) is 4.55 Å². The molecule has 0 saturated heterocycles. The van der Waals surface area contributed by atoms with Crippen molar-refractivity contribution in [1.82, 2.24) is 0 Å². The van der Waals surface area contributed by atoms with E-state index in [0.29, 0.717) is 0 Å². The molecule has 0 saturated carbocycles. The van der Waals surface area contributed by atoms with Crippen LogP contribution in [0.15, 0.2) is 54.6 Å². The van der Waals surface area contributed by atoms with Crippen LogP contribution in [0.25, 0.3) is 0 Å². The summed E-state index contributed by atoms with van der Waals surface area (Å²) in [5.41, 5.74) is -0.836. The van der Waals surface area contributed by atoms with Crippen molar-refractivity contribution in [2.45, 2.75) is 4.75 Å². The molecule has 0 aromatic heterocycles. The molecule has 0 fully saturated rings. The number of phenols is 2. The van der Waals surface area contributed by atoms with E-state index in [1.165, 1.54) is 42.5 Å². The van der Waals surface area contributed by atoms with Gasteiger partial charge in [-0.25, -0.2) is 0 Å². The van der Waals surface area contributed by atoms with Crippen molar-refractivity contribution >= 4 is 56.5 Å². The normalized spacial score (nSPS) is 13.8. The fourth-order valence-electron chi connectivity index (χ4n) is 3.26. The largest absolute Gasteiger partial charge is 0.504 e. The molecular formula is C19H12Cl4O5S. The molecule has 0 amide bonds. The molecule has 1 unspecified atom stereocenters. The molecule has 3 N–H and O–H groups in total. The second-order valence-corrected chi connectivity index (χ2v) is 9.28. The molecule has 152 valence electrons. The van der Waals surface area contributed by atoms with Crippen LogP contribution in [0.4, 0.5) is 0 Å². The number of benzene rings is 3. The summed E-state index contributed by atoms with van der Waals surface area (Å²) < 4.78 is 34.0. The Balaban J connectivity index is 2.69. The Hall–Kier alpha value is -1.67. The molecule has 0 radical (unpaired) electrons. The van der Waals surface area contributed by atoms with Crippen molar-refractivity contribution in [3.05, 3.63) is 91.4 Å². The summed E-state index contributed by atoms with van der Waals surface area (Å²) in [5.74, 6) is -1.52. The molecule has 3 aromatic rings. The lowest BCUT2D eigenvalue weighted by Gasteiger charge is -2.35. The van der Waals surface area contributed by atoms with Gasteiger partial charge in [0, 0.05) is 26.2 Å². The molecule has 1 atom stereocenters. The summed E-state index contributed by atoms with van der Waals surface area (Å²) in [5, 5.41) is 20.1. The molecule has 0 aliphatic heterocycles. The Morgan fingerprint density at radius 1 is 0.759 bits per heavy atom. The minimum atomic E-state index is -5.17. The fraction of sp³-hybridized carbons (Fsp3) is 0.0526. The first kappa shape index (κ1) is 22.0. The number of rotatable bonds is 4. The first-order valence-corrected chi connectivity index (χ1v) is 10.9.